The smallest absolute Gasteiger partial charge is 0.294 e. The highest BCUT2D eigenvalue weighted by Gasteiger charge is 2.39. The fourth-order valence-electron chi connectivity index (χ4n) is 4.57. The van der Waals surface area contributed by atoms with E-state index in [1.165, 1.54) is 12.3 Å². The first-order chi connectivity index (χ1) is 17.5. The predicted octanol–water partition coefficient (Wildman–Crippen LogP) is 3.34. The first-order valence-corrected chi connectivity index (χ1v) is 11.7. The molecule has 0 saturated carbocycles. The van der Waals surface area contributed by atoms with Gasteiger partial charge in [-0.05, 0) is 43.2 Å². The van der Waals surface area contributed by atoms with Crippen LogP contribution in [0.1, 0.15) is 40.2 Å². The van der Waals surface area contributed by atoms with Crippen molar-refractivity contribution in [2.75, 3.05) is 24.3 Å². The van der Waals surface area contributed by atoms with E-state index >= 15 is 0 Å². The lowest BCUT2D eigenvalue weighted by atomic mass is 9.94. The molecule has 2 aliphatic rings. The largest absolute Gasteiger partial charge is 0.490 e. The van der Waals surface area contributed by atoms with Gasteiger partial charge in [-0.3, -0.25) is 14.4 Å². The number of para-hydroxylation sites is 1. The first kappa shape index (κ1) is 23.6. The van der Waals surface area contributed by atoms with Crippen LogP contribution in [0.4, 0.5) is 11.4 Å². The molecule has 10 heteroatoms. The molecule has 0 radical (unpaired) electrons. The van der Waals surface area contributed by atoms with E-state index in [-0.39, 0.29) is 48.9 Å². The third-order valence-electron chi connectivity index (χ3n) is 6.40. The second kappa shape index (κ2) is 10.2. The minimum Gasteiger partial charge on any atom is -0.490 e. The van der Waals surface area contributed by atoms with Crippen LogP contribution in [0.5, 0.6) is 5.75 Å². The third-order valence-corrected chi connectivity index (χ3v) is 6.40. The molecule has 186 valence electrons. The van der Waals surface area contributed by atoms with Crippen LogP contribution in [-0.2, 0) is 9.53 Å². The number of carbonyl (C=O) groups is 3. The lowest BCUT2D eigenvalue weighted by Gasteiger charge is -2.42. The van der Waals surface area contributed by atoms with E-state index in [4.69, 9.17) is 14.0 Å². The third kappa shape index (κ3) is 5.08. The van der Waals surface area contributed by atoms with E-state index in [9.17, 15) is 14.4 Å². The molecule has 0 spiro atoms. The number of hydrogen-bond donors (Lipinski definition) is 2. The maximum atomic E-state index is 13.4. The van der Waals surface area contributed by atoms with Gasteiger partial charge in [0.05, 0.1) is 30.3 Å². The van der Waals surface area contributed by atoms with Crippen molar-refractivity contribution < 1.29 is 28.4 Å². The summed E-state index contributed by atoms with van der Waals surface area (Å²) in [5, 5.41) is 9.12. The van der Waals surface area contributed by atoms with E-state index in [2.05, 4.69) is 15.8 Å². The Labute approximate surface area is 207 Å². The molecule has 2 aromatic carbocycles. The van der Waals surface area contributed by atoms with Gasteiger partial charge < -0.3 is 29.5 Å². The topological polar surface area (TPSA) is 123 Å². The number of aromatic nitrogens is 1. The standard InChI is InChI=1S/C26H26N4O6/c1-30-20-9-8-18(14-24(31)28-16-5-3-2-4-6-16)35-23(20)15-34-21-10-7-17(13-19(21)26(30)33)29-25(32)22-11-12-27-36-22/h2-7,10-13,18,20,23H,8-9,14-15H2,1H3,(H,28,31)(H,29,32)/t18-,20+,23-/m1/s1. The number of nitrogens with zero attached hydrogens (tertiary/aromatic N) is 2. The van der Waals surface area contributed by atoms with Crippen molar-refractivity contribution in [3.63, 3.8) is 0 Å². The number of nitrogens with one attached hydrogen (secondary N) is 2. The Balaban J connectivity index is 1.26. The van der Waals surface area contributed by atoms with E-state index in [0.29, 0.717) is 29.8 Å². The van der Waals surface area contributed by atoms with Gasteiger partial charge in [0, 0.05) is 24.5 Å². The first-order valence-electron chi connectivity index (χ1n) is 11.7. The monoisotopic (exact) mass is 490 g/mol. The number of carbonyl (C=O) groups excluding carboxylic acids is 3. The Morgan fingerprint density at radius 2 is 1.89 bits per heavy atom. The number of rotatable bonds is 5. The summed E-state index contributed by atoms with van der Waals surface area (Å²) in [4.78, 5) is 39.8. The van der Waals surface area contributed by atoms with Crippen LogP contribution in [0.15, 0.2) is 65.3 Å². The van der Waals surface area contributed by atoms with Crippen LogP contribution >= 0.6 is 0 Å². The van der Waals surface area contributed by atoms with Crippen molar-refractivity contribution in [1.29, 1.82) is 0 Å². The second-order valence-corrected chi connectivity index (χ2v) is 8.83. The molecule has 1 saturated heterocycles. The van der Waals surface area contributed by atoms with Crippen LogP contribution in [0.3, 0.4) is 0 Å². The van der Waals surface area contributed by atoms with E-state index < -0.39 is 5.91 Å². The Bertz CT molecular complexity index is 1250. The predicted molar refractivity (Wildman–Crippen MR) is 130 cm³/mol. The van der Waals surface area contributed by atoms with Crippen LogP contribution < -0.4 is 15.4 Å². The quantitative estimate of drug-likeness (QED) is 0.562. The molecule has 1 fully saturated rings. The molecular weight excluding hydrogens is 464 g/mol. The molecule has 36 heavy (non-hydrogen) atoms. The minimum absolute atomic E-state index is 0.0654. The van der Waals surface area contributed by atoms with E-state index in [1.807, 2.05) is 30.3 Å². The molecule has 2 N–H and O–H groups in total. The minimum atomic E-state index is -0.469. The maximum absolute atomic E-state index is 13.4. The van der Waals surface area contributed by atoms with Gasteiger partial charge in [0.1, 0.15) is 18.5 Å². The van der Waals surface area contributed by atoms with Gasteiger partial charge in [-0.25, -0.2) is 0 Å². The lowest BCUT2D eigenvalue weighted by molar-refractivity contribution is -0.130. The van der Waals surface area contributed by atoms with Gasteiger partial charge in [-0.2, -0.15) is 0 Å². The number of likely N-dealkylation sites (N-methyl/N-ethyl adjacent to an activating group) is 1. The molecule has 0 aliphatic carbocycles. The molecule has 5 rings (SSSR count). The Morgan fingerprint density at radius 1 is 1.06 bits per heavy atom. The normalized spacial score (nSPS) is 21.3. The summed E-state index contributed by atoms with van der Waals surface area (Å²) < 4.78 is 17.1. The molecule has 3 amide bonds. The number of hydrogen-bond acceptors (Lipinski definition) is 7. The summed E-state index contributed by atoms with van der Waals surface area (Å²) in [6, 6.07) is 15.4. The molecule has 10 nitrogen and oxygen atoms in total. The number of anilines is 2. The molecule has 0 bridgehead atoms. The van der Waals surface area contributed by atoms with Crippen LogP contribution in [0, 0.1) is 0 Å². The summed E-state index contributed by atoms with van der Waals surface area (Å²) in [6.07, 6.45) is 2.28. The zero-order chi connectivity index (χ0) is 25.1. The van der Waals surface area contributed by atoms with Gasteiger partial charge in [0.25, 0.3) is 11.8 Å². The number of benzene rings is 2. The Morgan fingerprint density at radius 3 is 2.67 bits per heavy atom. The summed E-state index contributed by atoms with van der Waals surface area (Å²) in [7, 11) is 1.74. The molecule has 3 atom stereocenters. The van der Waals surface area contributed by atoms with Gasteiger partial charge in [-0.15, -0.1) is 0 Å². The Kier molecular flexibility index (Phi) is 6.68. The number of ether oxygens (including phenoxy) is 2. The SMILES string of the molecule is CN1C(=O)c2cc(NC(=O)c3ccno3)ccc2OC[C@H]2O[C@@H](CC(=O)Nc3ccccc3)CC[C@@H]21. The molecule has 1 aromatic heterocycles. The molecule has 0 unspecified atom stereocenters. The van der Waals surface area contributed by atoms with Gasteiger partial charge >= 0.3 is 0 Å². The zero-order valence-electron chi connectivity index (χ0n) is 19.7. The summed E-state index contributed by atoms with van der Waals surface area (Å²) in [6.45, 7) is 0.232. The van der Waals surface area contributed by atoms with Crippen molar-refractivity contribution in [3.8, 4) is 5.75 Å². The zero-order valence-corrected chi connectivity index (χ0v) is 19.7. The van der Waals surface area contributed by atoms with Crippen LogP contribution in [-0.4, -0.2) is 59.7 Å². The highest BCUT2D eigenvalue weighted by Crippen LogP contribution is 2.32. The summed E-state index contributed by atoms with van der Waals surface area (Å²) >= 11 is 0. The van der Waals surface area contributed by atoms with Crippen molar-refractivity contribution in [1.82, 2.24) is 10.1 Å². The molecule has 2 aliphatic heterocycles. The van der Waals surface area contributed by atoms with E-state index in [1.54, 1.807) is 30.1 Å². The summed E-state index contributed by atoms with van der Waals surface area (Å²) in [5.74, 6) is -0.361. The highest BCUT2D eigenvalue weighted by atomic mass is 16.5. The van der Waals surface area contributed by atoms with Crippen molar-refractivity contribution in [2.24, 2.45) is 0 Å². The highest BCUT2D eigenvalue weighted by molar-refractivity contribution is 6.04. The fourth-order valence-corrected chi connectivity index (χ4v) is 4.57. The fraction of sp³-hybridized carbons (Fsp3) is 0.308. The van der Waals surface area contributed by atoms with Gasteiger partial charge in [0.2, 0.25) is 11.7 Å². The Hall–Kier alpha value is -4.18. The van der Waals surface area contributed by atoms with Crippen LogP contribution in [0.25, 0.3) is 0 Å². The molecular formula is C26H26N4O6. The number of fused-ring (bicyclic) bond motifs is 2. The van der Waals surface area contributed by atoms with Gasteiger partial charge in [-0.1, -0.05) is 23.4 Å². The van der Waals surface area contributed by atoms with Crippen molar-refractivity contribution in [3.05, 3.63) is 72.1 Å². The van der Waals surface area contributed by atoms with Crippen molar-refractivity contribution in [2.45, 2.75) is 37.5 Å². The van der Waals surface area contributed by atoms with E-state index in [0.717, 1.165) is 5.69 Å². The summed E-state index contributed by atoms with van der Waals surface area (Å²) in [5.41, 5.74) is 1.52. The average molecular weight is 491 g/mol. The van der Waals surface area contributed by atoms with Crippen LogP contribution in [0.2, 0.25) is 0 Å². The van der Waals surface area contributed by atoms with Gasteiger partial charge in [0.15, 0.2) is 0 Å². The maximum Gasteiger partial charge on any atom is 0.294 e. The number of amides is 3. The van der Waals surface area contributed by atoms with Crippen molar-refractivity contribution >= 4 is 29.1 Å². The molecule has 3 aromatic rings. The second-order valence-electron chi connectivity index (χ2n) is 8.83. The molecule has 3 heterocycles. The average Bonchev–Trinajstić information content (AvgIpc) is 3.42. The lowest BCUT2D eigenvalue weighted by Crippen LogP contribution is -2.53.